The second-order valence-corrected chi connectivity index (χ2v) is 4.27. The SMILES string of the molecule is COCCN(C)c1cnn(CC(O)CCl)c(=O)c1. The van der Waals surface area contributed by atoms with Crippen LogP contribution >= 0.6 is 11.6 Å². The summed E-state index contributed by atoms with van der Waals surface area (Å²) < 4.78 is 6.16. The highest BCUT2D eigenvalue weighted by Gasteiger charge is 2.08. The normalized spacial score (nSPS) is 12.4. The molecule has 0 bridgehead atoms. The molecule has 1 unspecified atom stereocenters. The van der Waals surface area contributed by atoms with Crippen molar-refractivity contribution in [1.82, 2.24) is 9.78 Å². The minimum Gasteiger partial charge on any atom is -0.390 e. The van der Waals surface area contributed by atoms with Gasteiger partial charge < -0.3 is 14.7 Å². The zero-order chi connectivity index (χ0) is 13.5. The maximum absolute atomic E-state index is 11.8. The van der Waals surface area contributed by atoms with Crippen molar-refractivity contribution in [2.24, 2.45) is 0 Å². The summed E-state index contributed by atoms with van der Waals surface area (Å²) in [6.07, 6.45) is 0.812. The van der Waals surface area contributed by atoms with Gasteiger partial charge in [-0.15, -0.1) is 11.6 Å². The molecule has 1 heterocycles. The molecule has 0 amide bonds. The molecule has 102 valence electrons. The standard InChI is InChI=1S/C11H18ClN3O3/c1-14(3-4-18-2)9-5-11(17)15(13-7-9)8-10(16)6-12/h5,7,10,16H,3-4,6,8H2,1-2H3. The number of aliphatic hydroxyl groups excluding tert-OH is 1. The number of hydrogen-bond donors (Lipinski definition) is 1. The molecule has 1 aromatic rings. The van der Waals surface area contributed by atoms with Crippen molar-refractivity contribution >= 4 is 17.3 Å². The minimum absolute atomic E-state index is 0.0730. The van der Waals surface area contributed by atoms with Crippen LogP contribution in [0.2, 0.25) is 0 Å². The number of aromatic nitrogens is 2. The van der Waals surface area contributed by atoms with E-state index in [1.165, 1.54) is 10.7 Å². The van der Waals surface area contributed by atoms with E-state index in [1.807, 2.05) is 11.9 Å². The summed E-state index contributed by atoms with van der Waals surface area (Å²) in [7, 11) is 3.48. The van der Waals surface area contributed by atoms with Crippen LogP contribution in [0.25, 0.3) is 0 Å². The van der Waals surface area contributed by atoms with Crippen LogP contribution in [-0.4, -0.2) is 54.2 Å². The molecule has 7 heteroatoms. The number of ether oxygens (including phenoxy) is 1. The summed E-state index contributed by atoms with van der Waals surface area (Å²) in [5, 5.41) is 13.4. The Balaban J connectivity index is 2.75. The third-order valence-electron chi connectivity index (χ3n) is 2.49. The summed E-state index contributed by atoms with van der Waals surface area (Å²) in [4.78, 5) is 13.6. The molecular weight excluding hydrogens is 258 g/mol. The quantitative estimate of drug-likeness (QED) is 0.706. The van der Waals surface area contributed by atoms with E-state index in [9.17, 15) is 9.90 Å². The number of halogens is 1. The number of methoxy groups -OCH3 is 1. The van der Waals surface area contributed by atoms with Gasteiger partial charge in [-0.05, 0) is 0 Å². The molecule has 1 rings (SSSR count). The number of nitrogens with zero attached hydrogens (tertiary/aromatic N) is 3. The van der Waals surface area contributed by atoms with Crippen LogP contribution in [-0.2, 0) is 11.3 Å². The van der Waals surface area contributed by atoms with Crippen molar-refractivity contribution in [1.29, 1.82) is 0 Å². The Labute approximate surface area is 111 Å². The molecule has 6 nitrogen and oxygen atoms in total. The largest absolute Gasteiger partial charge is 0.390 e. The first kappa shape index (κ1) is 14.9. The summed E-state index contributed by atoms with van der Waals surface area (Å²) in [5.41, 5.74) is 0.453. The third kappa shape index (κ3) is 4.29. The van der Waals surface area contributed by atoms with Gasteiger partial charge >= 0.3 is 0 Å². The lowest BCUT2D eigenvalue weighted by Gasteiger charge is -2.18. The third-order valence-corrected chi connectivity index (χ3v) is 2.84. The molecule has 0 spiro atoms. The molecule has 0 fully saturated rings. The first-order valence-corrected chi connectivity index (χ1v) is 6.13. The number of likely N-dealkylation sites (N-methyl/N-ethyl adjacent to an activating group) is 1. The monoisotopic (exact) mass is 275 g/mol. The number of hydrogen-bond acceptors (Lipinski definition) is 5. The molecule has 0 saturated heterocycles. The van der Waals surface area contributed by atoms with Gasteiger partial charge in [0.15, 0.2) is 0 Å². The summed E-state index contributed by atoms with van der Waals surface area (Å²) in [6, 6.07) is 1.48. The Kier molecular flexibility index (Phi) is 6.11. The van der Waals surface area contributed by atoms with Gasteiger partial charge in [-0.25, -0.2) is 4.68 Å². The van der Waals surface area contributed by atoms with Crippen LogP contribution < -0.4 is 10.5 Å². The first-order valence-electron chi connectivity index (χ1n) is 5.59. The van der Waals surface area contributed by atoms with Crippen LogP contribution in [0.1, 0.15) is 0 Å². The van der Waals surface area contributed by atoms with Gasteiger partial charge in [0.2, 0.25) is 0 Å². The van der Waals surface area contributed by atoms with Crippen LogP contribution in [0.5, 0.6) is 0 Å². The lowest BCUT2D eigenvalue weighted by molar-refractivity contribution is 0.169. The Bertz CT molecular complexity index is 424. The lowest BCUT2D eigenvalue weighted by atomic mass is 10.4. The van der Waals surface area contributed by atoms with Crippen LogP contribution in [0.4, 0.5) is 5.69 Å². The Morgan fingerprint density at radius 3 is 2.94 bits per heavy atom. The lowest BCUT2D eigenvalue weighted by Crippen LogP contribution is -2.31. The smallest absolute Gasteiger partial charge is 0.268 e. The molecule has 0 aromatic carbocycles. The van der Waals surface area contributed by atoms with E-state index in [4.69, 9.17) is 16.3 Å². The molecule has 18 heavy (non-hydrogen) atoms. The van der Waals surface area contributed by atoms with E-state index in [-0.39, 0.29) is 18.0 Å². The molecule has 1 aromatic heterocycles. The second kappa shape index (κ2) is 7.35. The highest BCUT2D eigenvalue weighted by atomic mass is 35.5. The van der Waals surface area contributed by atoms with E-state index < -0.39 is 6.10 Å². The van der Waals surface area contributed by atoms with Crippen molar-refractivity contribution in [2.75, 3.05) is 38.1 Å². The van der Waals surface area contributed by atoms with Crippen LogP contribution in [0.3, 0.4) is 0 Å². The van der Waals surface area contributed by atoms with E-state index in [1.54, 1.807) is 13.3 Å². The van der Waals surface area contributed by atoms with E-state index in [2.05, 4.69) is 5.10 Å². The van der Waals surface area contributed by atoms with Crippen molar-refractivity contribution in [3.63, 3.8) is 0 Å². The maximum Gasteiger partial charge on any atom is 0.268 e. The average molecular weight is 276 g/mol. The van der Waals surface area contributed by atoms with Gasteiger partial charge in [0.05, 0.1) is 37.0 Å². The van der Waals surface area contributed by atoms with E-state index in [0.717, 1.165) is 0 Å². The first-order chi connectivity index (χ1) is 8.58. The van der Waals surface area contributed by atoms with Gasteiger partial charge in [-0.2, -0.15) is 5.10 Å². The summed E-state index contributed by atoms with van der Waals surface area (Å²) in [6.45, 7) is 1.35. The average Bonchev–Trinajstić information content (AvgIpc) is 2.38. The molecular formula is C11H18ClN3O3. The Morgan fingerprint density at radius 2 is 2.39 bits per heavy atom. The minimum atomic E-state index is -0.770. The van der Waals surface area contributed by atoms with E-state index in [0.29, 0.717) is 18.8 Å². The topological polar surface area (TPSA) is 67.6 Å². The maximum atomic E-state index is 11.8. The number of aliphatic hydroxyl groups is 1. The van der Waals surface area contributed by atoms with Crippen molar-refractivity contribution < 1.29 is 9.84 Å². The fraction of sp³-hybridized carbons (Fsp3) is 0.636. The molecule has 1 atom stereocenters. The molecule has 0 radical (unpaired) electrons. The number of anilines is 1. The van der Waals surface area contributed by atoms with Gasteiger partial charge in [0, 0.05) is 26.8 Å². The summed E-state index contributed by atoms with van der Waals surface area (Å²) in [5.74, 6) is 0.0730. The zero-order valence-corrected chi connectivity index (χ0v) is 11.3. The molecule has 0 aliphatic rings. The fourth-order valence-corrected chi connectivity index (χ4v) is 1.47. The van der Waals surface area contributed by atoms with Gasteiger partial charge in [0.25, 0.3) is 5.56 Å². The Hall–Kier alpha value is -1.11. The second-order valence-electron chi connectivity index (χ2n) is 3.96. The number of alkyl halides is 1. The van der Waals surface area contributed by atoms with Gasteiger partial charge in [-0.3, -0.25) is 4.79 Å². The van der Waals surface area contributed by atoms with Crippen molar-refractivity contribution in [3.05, 3.63) is 22.6 Å². The molecule has 0 aliphatic heterocycles. The Morgan fingerprint density at radius 1 is 1.67 bits per heavy atom. The van der Waals surface area contributed by atoms with Crippen molar-refractivity contribution in [3.8, 4) is 0 Å². The highest BCUT2D eigenvalue weighted by molar-refractivity contribution is 6.18. The molecule has 0 aliphatic carbocycles. The zero-order valence-electron chi connectivity index (χ0n) is 10.5. The summed E-state index contributed by atoms with van der Waals surface area (Å²) >= 11 is 5.48. The van der Waals surface area contributed by atoms with Crippen LogP contribution in [0, 0.1) is 0 Å². The fourth-order valence-electron chi connectivity index (χ4n) is 1.38. The predicted molar refractivity (Wildman–Crippen MR) is 70.4 cm³/mol. The van der Waals surface area contributed by atoms with Crippen LogP contribution in [0.15, 0.2) is 17.1 Å². The molecule has 0 saturated carbocycles. The van der Waals surface area contributed by atoms with Crippen molar-refractivity contribution in [2.45, 2.75) is 12.6 Å². The highest BCUT2D eigenvalue weighted by Crippen LogP contribution is 2.06. The predicted octanol–water partition coefficient (Wildman–Crippen LogP) is -0.0744. The number of rotatable bonds is 7. The van der Waals surface area contributed by atoms with Gasteiger partial charge in [0.1, 0.15) is 0 Å². The van der Waals surface area contributed by atoms with E-state index >= 15 is 0 Å². The molecule has 1 N–H and O–H groups in total. The van der Waals surface area contributed by atoms with Gasteiger partial charge in [-0.1, -0.05) is 0 Å².